The van der Waals surface area contributed by atoms with Crippen molar-refractivity contribution in [2.75, 3.05) is 7.05 Å². The first-order valence-corrected chi connectivity index (χ1v) is 8.24. The zero-order valence-electron chi connectivity index (χ0n) is 11.2. The summed E-state index contributed by atoms with van der Waals surface area (Å²) in [6.45, 7) is 0. The summed E-state index contributed by atoms with van der Waals surface area (Å²) in [5.74, 6) is 0.820. The van der Waals surface area contributed by atoms with Crippen LogP contribution in [0.1, 0.15) is 17.4 Å². The molecular formula is C16H12Cl2INO. The minimum Gasteiger partial charge on any atom is -0.457 e. The summed E-state index contributed by atoms with van der Waals surface area (Å²) in [6, 6.07) is 13.5. The predicted molar refractivity (Wildman–Crippen MR) is 96.3 cm³/mol. The first-order chi connectivity index (χ1) is 10.1. The number of benzene rings is 2. The van der Waals surface area contributed by atoms with Gasteiger partial charge in [0.25, 0.3) is 0 Å². The quantitative estimate of drug-likeness (QED) is 0.542. The monoisotopic (exact) mass is 431 g/mol. The molecule has 0 aliphatic heterocycles. The van der Waals surface area contributed by atoms with Crippen molar-refractivity contribution in [1.29, 1.82) is 0 Å². The van der Waals surface area contributed by atoms with Crippen LogP contribution < -0.4 is 5.32 Å². The summed E-state index contributed by atoms with van der Waals surface area (Å²) < 4.78 is 7.09. The van der Waals surface area contributed by atoms with Gasteiger partial charge in [0.2, 0.25) is 0 Å². The average Bonchev–Trinajstić information content (AvgIpc) is 2.89. The molecule has 1 heterocycles. The van der Waals surface area contributed by atoms with E-state index in [9.17, 15) is 0 Å². The number of hydrogen-bond acceptors (Lipinski definition) is 2. The fraction of sp³-hybridized carbons (Fsp3) is 0.125. The van der Waals surface area contributed by atoms with E-state index in [0.29, 0.717) is 15.6 Å². The maximum atomic E-state index is 6.18. The smallest absolute Gasteiger partial charge is 0.152 e. The molecule has 0 saturated heterocycles. The lowest BCUT2D eigenvalue weighted by molar-refractivity contribution is 0.491. The van der Waals surface area contributed by atoms with E-state index in [1.54, 1.807) is 0 Å². The Hall–Kier alpha value is -0.750. The molecule has 0 amide bonds. The van der Waals surface area contributed by atoms with Gasteiger partial charge in [-0.15, -0.1) is 0 Å². The van der Waals surface area contributed by atoms with Crippen molar-refractivity contribution in [2.45, 2.75) is 6.04 Å². The number of para-hydroxylation sites is 1. The van der Waals surface area contributed by atoms with Crippen LogP contribution >= 0.6 is 45.8 Å². The average molecular weight is 432 g/mol. The van der Waals surface area contributed by atoms with Crippen LogP contribution in [0.2, 0.25) is 10.0 Å². The van der Waals surface area contributed by atoms with Crippen molar-refractivity contribution in [3.63, 3.8) is 0 Å². The molecule has 0 saturated carbocycles. The van der Waals surface area contributed by atoms with Gasteiger partial charge in [0.05, 0.1) is 11.1 Å². The summed E-state index contributed by atoms with van der Waals surface area (Å²) >= 11 is 14.6. The molecule has 1 atom stereocenters. The fourth-order valence-electron chi connectivity index (χ4n) is 2.38. The van der Waals surface area contributed by atoms with Gasteiger partial charge in [-0.3, -0.25) is 0 Å². The Morgan fingerprint density at radius 1 is 1.14 bits per heavy atom. The third-order valence-electron chi connectivity index (χ3n) is 3.36. The second kappa shape index (κ2) is 6.16. The largest absolute Gasteiger partial charge is 0.457 e. The van der Waals surface area contributed by atoms with E-state index in [1.165, 1.54) is 0 Å². The van der Waals surface area contributed by atoms with Gasteiger partial charge in [-0.05, 0) is 65.5 Å². The number of rotatable bonds is 3. The molecule has 2 aromatic carbocycles. The zero-order valence-corrected chi connectivity index (χ0v) is 14.8. The SMILES string of the molecule is CNC(c1cc2cccc(Cl)c2o1)c1cc(Cl)ccc1I. The van der Waals surface area contributed by atoms with Crippen LogP contribution in [0, 0.1) is 3.57 Å². The Kier molecular flexibility index (Phi) is 4.45. The molecule has 0 aliphatic carbocycles. The maximum Gasteiger partial charge on any atom is 0.152 e. The van der Waals surface area contributed by atoms with E-state index in [4.69, 9.17) is 27.6 Å². The molecule has 0 radical (unpaired) electrons. The van der Waals surface area contributed by atoms with E-state index >= 15 is 0 Å². The van der Waals surface area contributed by atoms with Gasteiger partial charge in [-0.2, -0.15) is 0 Å². The summed E-state index contributed by atoms with van der Waals surface area (Å²) in [6.07, 6.45) is 0. The topological polar surface area (TPSA) is 25.2 Å². The molecule has 2 nitrogen and oxygen atoms in total. The lowest BCUT2D eigenvalue weighted by Crippen LogP contribution is -2.18. The van der Waals surface area contributed by atoms with Crippen LogP contribution in [0.15, 0.2) is 46.9 Å². The molecule has 5 heteroatoms. The van der Waals surface area contributed by atoms with E-state index in [-0.39, 0.29) is 6.04 Å². The second-order valence-electron chi connectivity index (χ2n) is 4.69. The molecule has 21 heavy (non-hydrogen) atoms. The van der Waals surface area contributed by atoms with Crippen LogP contribution in [0.5, 0.6) is 0 Å². The number of fused-ring (bicyclic) bond motifs is 1. The highest BCUT2D eigenvalue weighted by Gasteiger charge is 2.20. The maximum absolute atomic E-state index is 6.18. The van der Waals surface area contributed by atoms with Crippen molar-refractivity contribution in [3.8, 4) is 0 Å². The van der Waals surface area contributed by atoms with Crippen LogP contribution in [0.3, 0.4) is 0 Å². The normalized spacial score (nSPS) is 12.8. The van der Waals surface area contributed by atoms with Crippen molar-refractivity contribution < 1.29 is 4.42 Å². The molecule has 108 valence electrons. The number of furan rings is 1. The summed E-state index contributed by atoms with van der Waals surface area (Å²) in [5, 5.41) is 5.61. The highest BCUT2D eigenvalue weighted by Crippen LogP contribution is 2.34. The Morgan fingerprint density at radius 2 is 1.95 bits per heavy atom. The molecule has 1 aromatic heterocycles. The Bertz CT molecular complexity index is 800. The molecule has 0 aliphatic rings. The standard InChI is InChI=1S/C16H12Cl2INO/c1-20-15(11-8-10(17)5-6-13(11)19)14-7-9-3-2-4-12(18)16(9)21-14/h2-8,15,20H,1H3. The molecule has 3 rings (SSSR count). The molecule has 0 fully saturated rings. The van der Waals surface area contributed by atoms with Crippen molar-refractivity contribution >= 4 is 56.8 Å². The first kappa shape index (κ1) is 15.2. The van der Waals surface area contributed by atoms with E-state index in [0.717, 1.165) is 20.3 Å². The third-order valence-corrected chi connectivity index (χ3v) is 4.87. The second-order valence-corrected chi connectivity index (χ2v) is 6.70. The van der Waals surface area contributed by atoms with E-state index in [2.05, 4.69) is 27.9 Å². The van der Waals surface area contributed by atoms with Gasteiger partial charge in [0.15, 0.2) is 5.58 Å². The van der Waals surface area contributed by atoms with Crippen molar-refractivity contribution in [2.24, 2.45) is 0 Å². The van der Waals surface area contributed by atoms with Crippen LogP contribution in [-0.2, 0) is 0 Å². The van der Waals surface area contributed by atoms with Crippen LogP contribution in [0.25, 0.3) is 11.0 Å². The van der Waals surface area contributed by atoms with Crippen molar-refractivity contribution in [1.82, 2.24) is 5.32 Å². The van der Waals surface area contributed by atoms with Crippen LogP contribution in [-0.4, -0.2) is 7.05 Å². The van der Waals surface area contributed by atoms with Gasteiger partial charge < -0.3 is 9.73 Å². The van der Waals surface area contributed by atoms with Gasteiger partial charge >= 0.3 is 0 Å². The first-order valence-electron chi connectivity index (χ1n) is 6.40. The third kappa shape index (κ3) is 2.93. The zero-order chi connectivity index (χ0) is 15.0. The molecule has 0 spiro atoms. The Balaban J connectivity index is 2.13. The van der Waals surface area contributed by atoms with Crippen LogP contribution in [0.4, 0.5) is 0 Å². The molecule has 0 bridgehead atoms. The molecule has 1 N–H and O–H groups in total. The predicted octanol–water partition coefficient (Wildman–Crippen LogP) is 5.65. The summed E-state index contributed by atoms with van der Waals surface area (Å²) in [5.41, 5.74) is 1.80. The molecule has 3 aromatic rings. The lowest BCUT2D eigenvalue weighted by Gasteiger charge is -2.16. The Morgan fingerprint density at radius 3 is 2.67 bits per heavy atom. The van der Waals surface area contributed by atoms with E-state index in [1.807, 2.05) is 49.5 Å². The number of nitrogens with one attached hydrogen (secondary N) is 1. The van der Waals surface area contributed by atoms with Gasteiger partial charge in [-0.25, -0.2) is 0 Å². The molecule has 1 unspecified atom stereocenters. The summed E-state index contributed by atoms with van der Waals surface area (Å²) in [4.78, 5) is 0. The lowest BCUT2D eigenvalue weighted by atomic mass is 10.0. The number of halogens is 3. The van der Waals surface area contributed by atoms with Crippen molar-refractivity contribution in [3.05, 3.63) is 67.4 Å². The highest BCUT2D eigenvalue weighted by atomic mass is 127. The number of hydrogen-bond donors (Lipinski definition) is 1. The minimum atomic E-state index is -0.0703. The summed E-state index contributed by atoms with van der Waals surface area (Å²) in [7, 11) is 1.90. The van der Waals surface area contributed by atoms with Gasteiger partial charge in [-0.1, -0.05) is 35.3 Å². The van der Waals surface area contributed by atoms with Gasteiger partial charge in [0, 0.05) is 14.0 Å². The fourth-order valence-corrected chi connectivity index (χ4v) is 3.42. The van der Waals surface area contributed by atoms with Gasteiger partial charge in [0.1, 0.15) is 5.76 Å². The Labute approximate surface area is 146 Å². The minimum absolute atomic E-state index is 0.0703. The highest BCUT2D eigenvalue weighted by molar-refractivity contribution is 14.1. The molecular weight excluding hydrogens is 420 g/mol. The van der Waals surface area contributed by atoms with E-state index < -0.39 is 0 Å².